The number of carbonyl (C=O) groups excluding carboxylic acids is 1. The number of ketones is 1. The topological polar surface area (TPSA) is 57.8 Å². The van der Waals surface area contributed by atoms with Crippen LogP contribution in [-0.2, 0) is 0 Å². The molecule has 1 aromatic heterocycles. The number of fused-ring (bicyclic) bond motifs is 1. The predicted octanol–water partition coefficient (Wildman–Crippen LogP) is 7.05. The third-order valence-corrected chi connectivity index (χ3v) is 8.18. The molecule has 1 atom stereocenters. The lowest BCUT2D eigenvalue weighted by Gasteiger charge is -2.37. The number of anilines is 1. The first-order valence-electron chi connectivity index (χ1n) is 14.6. The molecule has 1 aliphatic rings. The number of ether oxygens (including phenoxy) is 2. The molecule has 0 saturated carbocycles. The number of benzene rings is 4. The van der Waals surface area contributed by atoms with E-state index in [-0.39, 0.29) is 11.9 Å². The van der Waals surface area contributed by atoms with Gasteiger partial charge >= 0.3 is 0 Å². The second-order valence-electron chi connectivity index (χ2n) is 10.9. The van der Waals surface area contributed by atoms with Gasteiger partial charge in [0, 0.05) is 67.4 Å². The van der Waals surface area contributed by atoms with E-state index in [9.17, 15) is 4.79 Å². The number of aromatic amines is 1. The van der Waals surface area contributed by atoms with Crippen LogP contribution in [-0.4, -0.2) is 55.5 Å². The van der Waals surface area contributed by atoms with Crippen LogP contribution in [0, 0.1) is 6.92 Å². The lowest BCUT2D eigenvalue weighted by atomic mass is 10.0. The zero-order chi connectivity index (χ0) is 28.9. The van der Waals surface area contributed by atoms with Crippen LogP contribution < -0.4 is 14.4 Å². The van der Waals surface area contributed by atoms with Gasteiger partial charge in [-0.15, -0.1) is 0 Å². The van der Waals surface area contributed by atoms with Gasteiger partial charge in [-0.25, -0.2) is 0 Å². The van der Waals surface area contributed by atoms with Gasteiger partial charge in [0.05, 0.1) is 12.8 Å². The molecular weight excluding hydrogens is 522 g/mol. The number of piperazine rings is 1. The van der Waals surface area contributed by atoms with Crippen molar-refractivity contribution >= 4 is 22.4 Å². The Balaban J connectivity index is 1.11. The van der Waals surface area contributed by atoms with E-state index in [2.05, 4.69) is 58.1 Å². The summed E-state index contributed by atoms with van der Waals surface area (Å²) in [6.07, 6.45) is 2.57. The van der Waals surface area contributed by atoms with Crippen molar-refractivity contribution in [2.45, 2.75) is 19.4 Å². The van der Waals surface area contributed by atoms with Crippen molar-refractivity contribution in [2.75, 3.05) is 44.7 Å². The maximum atomic E-state index is 13.3. The minimum absolute atomic E-state index is 0.00125. The summed E-state index contributed by atoms with van der Waals surface area (Å²) in [6.45, 7) is 6.94. The molecule has 0 spiro atoms. The minimum Gasteiger partial charge on any atom is -0.495 e. The van der Waals surface area contributed by atoms with Crippen LogP contribution >= 0.6 is 0 Å². The van der Waals surface area contributed by atoms with E-state index >= 15 is 0 Å². The molecular formula is C36H37N3O3. The summed E-state index contributed by atoms with van der Waals surface area (Å²) in [6, 6.07) is 32.3. The fourth-order valence-corrected chi connectivity index (χ4v) is 5.74. The first kappa shape index (κ1) is 27.6. The highest BCUT2D eigenvalue weighted by Gasteiger charge is 2.22. The largest absolute Gasteiger partial charge is 0.495 e. The highest BCUT2D eigenvalue weighted by Crippen LogP contribution is 2.30. The van der Waals surface area contributed by atoms with Crippen LogP contribution in [0.1, 0.15) is 39.6 Å². The van der Waals surface area contributed by atoms with E-state index in [4.69, 9.17) is 9.47 Å². The summed E-state index contributed by atoms with van der Waals surface area (Å²) in [5.41, 5.74) is 5.84. The summed E-state index contributed by atoms with van der Waals surface area (Å²) < 4.78 is 12.2. The van der Waals surface area contributed by atoms with Crippen molar-refractivity contribution < 1.29 is 14.3 Å². The van der Waals surface area contributed by atoms with Gasteiger partial charge in [0.15, 0.2) is 5.78 Å². The lowest BCUT2D eigenvalue weighted by Crippen LogP contribution is -2.47. The first-order valence-corrected chi connectivity index (χ1v) is 14.6. The number of carbonyl (C=O) groups is 1. The molecule has 0 bridgehead atoms. The number of methoxy groups -OCH3 is 1. The molecule has 2 heterocycles. The van der Waals surface area contributed by atoms with E-state index in [0.717, 1.165) is 72.8 Å². The molecule has 5 aromatic rings. The van der Waals surface area contributed by atoms with Gasteiger partial charge in [0.25, 0.3) is 0 Å². The number of H-pyrrole nitrogens is 1. The van der Waals surface area contributed by atoms with Gasteiger partial charge in [-0.1, -0.05) is 60.2 Å². The predicted molar refractivity (Wildman–Crippen MR) is 169 cm³/mol. The van der Waals surface area contributed by atoms with Crippen LogP contribution in [0.2, 0.25) is 0 Å². The number of aryl methyl sites for hydroxylation is 1. The van der Waals surface area contributed by atoms with Gasteiger partial charge < -0.3 is 19.4 Å². The van der Waals surface area contributed by atoms with Crippen molar-refractivity contribution in [1.82, 2.24) is 9.88 Å². The fraction of sp³-hybridized carbons (Fsp3) is 0.250. The Labute approximate surface area is 247 Å². The van der Waals surface area contributed by atoms with Crippen LogP contribution in [0.5, 0.6) is 11.5 Å². The normalized spacial score (nSPS) is 14.6. The van der Waals surface area contributed by atoms with Crippen LogP contribution in [0.15, 0.2) is 103 Å². The van der Waals surface area contributed by atoms with Gasteiger partial charge in [-0.3, -0.25) is 9.69 Å². The molecule has 4 aromatic carbocycles. The number of hydrogen-bond acceptors (Lipinski definition) is 5. The zero-order valence-corrected chi connectivity index (χ0v) is 24.3. The van der Waals surface area contributed by atoms with Crippen LogP contribution in [0.4, 0.5) is 5.69 Å². The van der Waals surface area contributed by atoms with E-state index in [1.54, 1.807) is 13.3 Å². The Morgan fingerprint density at radius 1 is 0.857 bits per heavy atom. The lowest BCUT2D eigenvalue weighted by molar-refractivity contribution is 0.104. The average Bonchev–Trinajstić information content (AvgIpc) is 3.48. The average molecular weight is 560 g/mol. The van der Waals surface area contributed by atoms with Crippen molar-refractivity contribution in [1.29, 1.82) is 0 Å². The van der Waals surface area contributed by atoms with Crippen molar-refractivity contribution in [3.63, 3.8) is 0 Å². The second-order valence-corrected chi connectivity index (χ2v) is 10.9. The summed E-state index contributed by atoms with van der Waals surface area (Å²) >= 11 is 0. The smallest absolute Gasteiger partial charge is 0.195 e. The number of hydrogen-bond donors (Lipinski definition) is 1. The van der Waals surface area contributed by atoms with Gasteiger partial charge in [-0.05, 0) is 55.0 Å². The number of nitrogens with one attached hydrogen (secondary N) is 1. The molecule has 6 heteroatoms. The first-order chi connectivity index (χ1) is 20.6. The molecule has 6 rings (SSSR count). The maximum Gasteiger partial charge on any atom is 0.195 e. The second kappa shape index (κ2) is 12.5. The van der Waals surface area contributed by atoms with Crippen LogP contribution in [0.3, 0.4) is 0 Å². The molecule has 0 amide bonds. The number of para-hydroxylation sites is 3. The summed E-state index contributed by atoms with van der Waals surface area (Å²) in [5, 5.41) is 0.936. The summed E-state index contributed by atoms with van der Waals surface area (Å²) in [5.74, 6) is 1.69. The highest BCUT2D eigenvalue weighted by molar-refractivity contribution is 6.16. The van der Waals surface area contributed by atoms with Crippen molar-refractivity contribution in [3.8, 4) is 11.5 Å². The molecule has 1 aliphatic heterocycles. The number of aromatic nitrogens is 1. The molecule has 1 N–H and O–H groups in total. The SMILES string of the molecule is COc1ccccc1N1CCN(CCC(Oc2ccc(C(=O)c3c[nH]c4ccccc34)cc2)c2ccc(C)cc2)CC1. The monoisotopic (exact) mass is 559 g/mol. The summed E-state index contributed by atoms with van der Waals surface area (Å²) in [7, 11) is 1.73. The molecule has 0 radical (unpaired) electrons. The van der Waals surface area contributed by atoms with Gasteiger partial charge in [-0.2, -0.15) is 0 Å². The molecule has 1 fully saturated rings. The Morgan fingerprint density at radius 2 is 1.57 bits per heavy atom. The third-order valence-electron chi connectivity index (χ3n) is 8.18. The third kappa shape index (κ3) is 6.04. The minimum atomic E-state index is -0.0898. The molecule has 42 heavy (non-hydrogen) atoms. The zero-order valence-electron chi connectivity index (χ0n) is 24.3. The Bertz CT molecular complexity index is 1630. The van der Waals surface area contributed by atoms with Crippen molar-refractivity contribution in [3.05, 3.63) is 126 Å². The van der Waals surface area contributed by atoms with E-state index in [0.29, 0.717) is 11.1 Å². The standard InChI is InChI=1S/C36H37N3O3/c1-26-11-13-27(14-12-26)34(19-20-38-21-23-39(24-22-38)33-9-5-6-10-35(33)41-2)42-29-17-15-28(16-18-29)36(40)31-25-37-32-8-4-3-7-30(31)32/h3-18,25,34,37H,19-24H2,1-2H3. The summed E-state index contributed by atoms with van der Waals surface area (Å²) in [4.78, 5) is 21.4. The van der Waals surface area contributed by atoms with Crippen molar-refractivity contribution in [2.24, 2.45) is 0 Å². The van der Waals surface area contributed by atoms with E-state index < -0.39 is 0 Å². The highest BCUT2D eigenvalue weighted by atomic mass is 16.5. The molecule has 0 aliphatic carbocycles. The quantitative estimate of drug-likeness (QED) is 0.186. The molecule has 6 nitrogen and oxygen atoms in total. The number of nitrogens with zero attached hydrogens (tertiary/aromatic N) is 2. The Hall–Kier alpha value is -4.55. The maximum absolute atomic E-state index is 13.3. The molecule has 1 saturated heterocycles. The van der Waals surface area contributed by atoms with Crippen LogP contribution in [0.25, 0.3) is 10.9 Å². The van der Waals surface area contributed by atoms with Gasteiger partial charge in [0.1, 0.15) is 17.6 Å². The van der Waals surface area contributed by atoms with E-state index in [1.165, 1.54) is 5.56 Å². The van der Waals surface area contributed by atoms with E-state index in [1.807, 2.05) is 60.7 Å². The number of rotatable bonds is 10. The fourth-order valence-electron chi connectivity index (χ4n) is 5.74. The molecule has 214 valence electrons. The van der Waals surface area contributed by atoms with Gasteiger partial charge in [0.2, 0.25) is 0 Å². The Morgan fingerprint density at radius 3 is 2.33 bits per heavy atom. The molecule has 1 unspecified atom stereocenters. The Kier molecular flexibility index (Phi) is 8.24.